The van der Waals surface area contributed by atoms with Crippen molar-refractivity contribution in [2.24, 2.45) is 0 Å². The van der Waals surface area contributed by atoms with Gasteiger partial charge in [0, 0.05) is 16.2 Å². The fraction of sp³-hybridized carbons (Fsp3) is 0.227. The molecule has 0 heteroatoms. The van der Waals surface area contributed by atoms with Crippen LogP contribution in [0.3, 0.4) is 0 Å². The highest BCUT2D eigenvalue weighted by atomic mass is 14.5. The van der Waals surface area contributed by atoms with Gasteiger partial charge in [0.05, 0.1) is 0 Å². The van der Waals surface area contributed by atoms with Crippen LogP contribution in [0.1, 0.15) is 80.5 Å². The molecular weight excluding hydrogens is 528 g/mol. The lowest BCUT2D eigenvalue weighted by atomic mass is 9.78. The summed E-state index contributed by atoms with van der Waals surface area (Å²) in [4.78, 5) is 0. The molecule has 0 radical (unpaired) electrons. The Morgan fingerprint density at radius 1 is 0.364 bits per heavy atom. The lowest BCUT2D eigenvalue weighted by molar-refractivity contribution is 0.649. The van der Waals surface area contributed by atoms with E-state index in [0.29, 0.717) is 0 Å². The van der Waals surface area contributed by atoms with E-state index in [2.05, 4.69) is 152 Å². The number of aryl methyl sites for hydroxylation is 1. The predicted molar refractivity (Wildman–Crippen MR) is 187 cm³/mol. The van der Waals surface area contributed by atoms with E-state index in [4.69, 9.17) is 0 Å². The van der Waals surface area contributed by atoms with Crippen LogP contribution in [0.4, 0.5) is 0 Å². The van der Waals surface area contributed by atoms with E-state index >= 15 is 0 Å². The van der Waals surface area contributed by atoms with Crippen molar-refractivity contribution in [3.05, 3.63) is 142 Å². The Morgan fingerprint density at radius 2 is 0.841 bits per heavy atom. The van der Waals surface area contributed by atoms with E-state index in [1.807, 2.05) is 0 Å². The molecule has 0 amide bonds. The molecule has 0 aliphatic heterocycles. The second-order valence-electron chi connectivity index (χ2n) is 15.0. The molecular formula is C44H38. The van der Waals surface area contributed by atoms with Crippen molar-refractivity contribution < 1.29 is 0 Å². The highest BCUT2D eigenvalue weighted by Gasteiger charge is 2.45. The predicted octanol–water partition coefficient (Wildman–Crippen LogP) is 11.7. The highest BCUT2D eigenvalue weighted by molar-refractivity contribution is 6.05. The molecule has 214 valence electrons. The van der Waals surface area contributed by atoms with E-state index in [9.17, 15) is 0 Å². The summed E-state index contributed by atoms with van der Waals surface area (Å²) in [6, 6.07) is 39.6. The Labute approximate surface area is 261 Å². The number of benzene rings is 6. The fourth-order valence-electron chi connectivity index (χ4n) is 9.02. The molecule has 6 aromatic carbocycles. The van der Waals surface area contributed by atoms with Crippen LogP contribution in [-0.4, -0.2) is 0 Å². The van der Waals surface area contributed by atoms with Gasteiger partial charge in [0.1, 0.15) is 0 Å². The maximum absolute atomic E-state index is 2.57. The molecule has 3 aliphatic rings. The zero-order chi connectivity index (χ0) is 30.3. The van der Waals surface area contributed by atoms with E-state index in [0.717, 1.165) is 0 Å². The first kappa shape index (κ1) is 26.0. The van der Waals surface area contributed by atoms with Crippen molar-refractivity contribution in [2.45, 2.75) is 64.7 Å². The minimum Gasteiger partial charge on any atom is -0.0622 e. The first-order chi connectivity index (χ1) is 21.0. The Bertz CT molecular complexity index is 2240. The third-order valence-corrected chi connectivity index (χ3v) is 11.6. The van der Waals surface area contributed by atoms with Crippen LogP contribution in [0.2, 0.25) is 0 Å². The first-order valence-electron chi connectivity index (χ1n) is 16.1. The Balaban J connectivity index is 1.25. The van der Waals surface area contributed by atoms with Gasteiger partial charge in [-0.2, -0.15) is 0 Å². The van der Waals surface area contributed by atoms with Crippen molar-refractivity contribution in [1.29, 1.82) is 0 Å². The molecule has 0 atom stereocenters. The average molecular weight is 567 g/mol. The summed E-state index contributed by atoms with van der Waals surface area (Å²) in [5.41, 5.74) is 20.9. The minimum absolute atomic E-state index is 0.0541. The van der Waals surface area contributed by atoms with Crippen LogP contribution in [0.25, 0.3) is 55.3 Å². The molecule has 0 nitrogen and oxygen atoms in total. The second kappa shape index (κ2) is 8.19. The first-order valence-corrected chi connectivity index (χ1v) is 16.1. The zero-order valence-corrected chi connectivity index (χ0v) is 26.8. The van der Waals surface area contributed by atoms with Gasteiger partial charge in [0.25, 0.3) is 0 Å². The standard InChI is InChI=1S/C44H38/c1-25-19-40-41(30-16-12-11-15-28(25)30)34-24-38-33(23-39(34)44(40,6)7)32-22-36-31(21-37(32)43(38,4)5)29-18-17-27(20-35(29)42(36,2)3)26-13-9-8-10-14-26/h8-24H,1-7H3. The summed E-state index contributed by atoms with van der Waals surface area (Å²) in [7, 11) is 0. The van der Waals surface area contributed by atoms with Crippen molar-refractivity contribution in [1.82, 2.24) is 0 Å². The zero-order valence-electron chi connectivity index (χ0n) is 26.8. The fourth-order valence-corrected chi connectivity index (χ4v) is 9.02. The summed E-state index contributed by atoms with van der Waals surface area (Å²) in [6.07, 6.45) is 0. The molecule has 0 saturated carbocycles. The van der Waals surface area contributed by atoms with Gasteiger partial charge < -0.3 is 0 Å². The van der Waals surface area contributed by atoms with E-state index in [1.165, 1.54) is 94.2 Å². The van der Waals surface area contributed by atoms with Crippen LogP contribution in [-0.2, 0) is 16.2 Å². The Kier molecular flexibility index (Phi) is 4.84. The van der Waals surface area contributed by atoms with Crippen molar-refractivity contribution in [2.75, 3.05) is 0 Å². The molecule has 3 aliphatic carbocycles. The van der Waals surface area contributed by atoms with Crippen molar-refractivity contribution >= 4 is 10.8 Å². The number of hydrogen-bond donors (Lipinski definition) is 0. The van der Waals surface area contributed by atoms with E-state index in [-0.39, 0.29) is 16.2 Å². The number of fused-ring (bicyclic) bond motifs is 11. The highest BCUT2D eigenvalue weighted by Crippen LogP contribution is 2.60. The van der Waals surface area contributed by atoms with Gasteiger partial charge in [-0.05, 0) is 131 Å². The Hall–Kier alpha value is -4.42. The van der Waals surface area contributed by atoms with Crippen LogP contribution in [0.15, 0.2) is 103 Å². The maximum Gasteiger partial charge on any atom is 0.0159 e. The lowest BCUT2D eigenvalue weighted by Crippen LogP contribution is -2.17. The van der Waals surface area contributed by atoms with Gasteiger partial charge in [0.2, 0.25) is 0 Å². The van der Waals surface area contributed by atoms with Crippen LogP contribution >= 0.6 is 0 Å². The smallest absolute Gasteiger partial charge is 0.0159 e. The molecule has 0 spiro atoms. The molecule has 0 fully saturated rings. The van der Waals surface area contributed by atoms with Crippen molar-refractivity contribution in [3.8, 4) is 44.5 Å². The summed E-state index contributed by atoms with van der Waals surface area (Å²) in [5.74, 6) is 0. The van der Waals surface area contributed by atoms with Gasteiger partial charge in [0.15, 0.2) is 0 Å². The summed E-state index contributed by atoms with van der Waals surface area (Å²) in [6.45, 7) is 16.8. The number of rotatable bonds is 1. The second-order valence-corrected chi connectivity index (χ2v) is 15.0. The average Bonchev–Trinajstić information content (AvgIpc) is 3.48. The maximum atomic E-state index is 2.57. The van der Waals surface area contributed by atoms with Crippen LogP contribution in [0, 0.1) is 6.92 Å². The normalized spacial score (nSPS) is 17.1. The monoisotopic (exact) mass is 566 g/mol. The van der Waals surface area contributed by atoms with Crippen molar-refractivity contribution in [3.63, 3.8) is 0 Å². The molecule has 0 unspecified atom stereocenters. The van der Waals surface area contributed by atoms with Crippen LogP contribution in [0.5, 0.6) is 0 Å². The van der Waals surface area contributed by atoms with Gasteiger partial charge in [-0.15, -0.1) is 0 Å². The quantitative estimate of drug-likeness (QED) is 0.186. The summed E-state index contributed by atoms with van der Waals surface area (Å²) < 4.78 is 0. The van der Waals surface area contributed by atoms with Gasteiger partial charge in [-0.1, -0.05) is 114 Å². The topological polar surface area (TPSA) is 0 Å². The third kappa shape index (κ3) is 3.09. The molecule has 6 aromatic rings. The third-order valence-electron chi connectivity index (χ3n) is 11.6. The Morgan fingerprint density at radius 3 is 1.48 bits per heavy atom. The molecule has 44 heavy (non-hydrogen) atoms. The molecule has 9 rings (SSSR count). The lowest BCUT2D eigenvalue weighted by Gasteiger charge is -2.25. The van der Waals surface area contributed by atoms with E-state index < -0.39 is 0 Å². The molecule has 0 aromatic heterocycles. The SMILES string of the molecule is Cc1cc2c(c3ccccc13)-c1cc3c(cc1C2(C)C)-c1cc2c(cc1C3(C)C)-c1ccc(-c3ccccc3)cc1C2(C)C. The molecule has 0 heterocycles. The summed E-state index contributed by atoms with van der Waals surface area (Å²) >= 11 is 0. The number of hydrogen-bond acceptors (Lipinski definition) is 0. The van der Waals surface area contributed by atoms with Gasteiger partial charge in [-0.3, -0.25) is 0 Å². The minimum atomic E-state index is -0.0843. The summed E-state index contributed by atoms with van der Waals surface area (Å²) in [5, 5.41) is 2.75. The van der Waals surface area contributed by atoms with Gasteiger partial charge in [-0.25, -0.2) is 0 Å². The molecule has 0 saturated heterocycles. The van der Waals surface area contributed by atoms with Crippen LogP contribution < -0.4 is 0 Å². The van der Waals surface area contributed by atoms with E-state index in [1.54, 1.807) is 0 Å². The largest absolute Gasteiger partial charge is 0.0622 e. The molecule has 0 bridgehead atoms. The molecule has 0 N–H and O–H groups in total. The van der Waals surface area contributed by atoms with Gasteiger partial charge >= 0.3 is 0 Å².